The highest BCUT2D eigenvalue weighted by atomic mass is 35.5. The zero-order valence-corrected chi connectivity index (χ0v) is 25.5. The molecule has 0 unspecified atom stereocenters. The average molecular weight is 613 g/mol. The van der Waals surface area contributed by atoms with E-state index in [4.69, 9.17) is 17.3 Å². The van der Waals surface area contributed by atoms with Gasteiger partial charge in [0, 0.05) is 68.5 Å². The molecule has 2 aliphatic rings. The third-order valence-electron chi connectivity index (χ3n) is 8.67. The first-order valence-electron chi connectivity index (χ1n) is 15.0. The topological polar surface area (TPSA) is 52.8 Å². The van der Waals surface area contributed by atoms with Gasteiger partial charge in [0.1, 0.15) is 0 Å². The summed E-state index contributed by atoms with van der Waals surface area (Å²) in [6, 6.07) is 21.4. The van der Waals surface area contributed by atoms with Crippen molar-refractivity contribution >= 4 is 23.2 Å². The quantitative estimate of drug-likeness (QED) is 0.299. The molecule has 5 rings (SSSR count). The molecule has 2 aliphatic heterocycles. The maximum Gasteiger partial charge on any atom is 0.416 e. The van der Waals surface area contributed by atoms with Gasteiger partial charge < -0.3 is 15.5 Å². The molecule has 2 heterocycles. The van der Waals surface area contributed by atoms with E-state index in [1.54, 1.807) is 6.07 Å². The summed E-state index contributed by atoms with van der Waals surface area (Å²) in [6.07, 6.45) is -3.85. The van der Waals surface area contributed by atoms with Crippen molar-refractivity contribution in [3.63, 3.8) is 0 Å². The summed E-state index contributed by atoms with van der Waals surface area (Å²) < 4.78 is 40.7. The molecular formula is C34H40ClF3N4O. The van der Waals surface area contributed by atoms with Crippen molar-refractivity contribution in [2.24, 2.45) is 17.6 Å². The Kier molecular flexibility index (Phi) is 9.69. The number of nitrogens with zero attached hydrogens (tertiary/aromatic N) is 3. The van der Waals surface area contributed by atoms with Gasteiger partial charge in [-0.25, -0.2) is 0 Å². The van der Waals surface area contributed by atoms with E-state index in [2.05, 4.69) is 21.9 Å². The molecule has 3 aromatic carbocycles. The second-order valence-electron chi connectivity index (χ2n) is 12.3. The van der Waals surface area contributed by atoms with Crippen LogP contribution in [0.25, 0.3) is 0 Å². The van der Waals surface area contributed by atoms with Gasteiger partial charge in [0.05, 0.1) is 11.5 Å². The largest absolute Gasteiger partial charge is 0.416 e. The molecule has 0 aromatic heterocycles. The molecule has 5 nitrogen and oxygen atoms in total. The number of benzene rings is 3. The first-order chi connectivity index (χ1) is 20.5. The van der Waals surface area contributed by atoms with Crippen molar-refractivity contribution < 1.29 is 18.0 Å². The van der Waals surface area contributed by atoms with Crippen LogP contribution in [-0.4, -0.2) is 55.0 Å². The monoisotopic (exact) mass is 612 g/mol. The number of carbonyl (C=O) groups is 1. The SMILES string of the molecule is CC(C)C[C@H](N)c1cc(C(F)(F)F)ccc1N1CCN(C(=O)[C@@H]2CN(Cc3ccccc3)C[C@H]2c2ccc(Cl)cc2)CC1. The number of hydrogen-bond acceptors (Lipinski definition) is 4. The van der Waals surface area contributed by atoms with Gasteiger partial charge in [-0.15, -0.1) is 0 Å². The van der Waals surface area contributed by atoms with Crippen LogP contribution < -0.4 is 10.6 Å². The smallest absolute Gasteiger partial charge is 0.368 e. The molecular weight excluding hydrogens is 573 g/mol. The fraction of sp³-hybridized carbons (Fsp3) is 0.441. The third-order valence-corrected chi connectivity index (χ3v) is 8.92. The minimum atomic E-state index is -4.44. The third kappa shape index (κ3) is 7.54. The van der Waals surface area contributed by atoms with Gasteiger partial charge in [-0.2, -0.15) is 13.2 Å². The lowest BCUT2D eigenvalue weighted by Gasteiger charge is -2.39. The van der Waals surface area contributed by atoms with Gasteiger partial charge in [-0.1, -0.05) is 67.9 Å². The first kappa shape index (κ1) is 31.4. The Morgan fingerprint density at radius 1 is 0.953 bits per heavy atom. The lowest BCUT2D eigenvalue weighted by atomic mass is 9.88. The van der Waals surface area contributed by atoms with Crippen LogP contribution in [-0.2, 0) is 17.5 Å². The van der Waals surface area contributed by atoms with Gasteiger partial charge in [-0.05, 0) is 59.4 Å². The van der Waals surface area contributed by atoms with E-state index in [9.17, 15) is 18.0 Å². The zero-order chi connectivity index (χ0) is 30.7. The molecule has 2 fully saturated rings. The molecule has 0 aliphatic carbocycles. The molecule has 230 valence electrons. The zero-order valence-electron chi connectivity index (χ0n) is 24.7. The number of carbonyl (C=O) groups excluding carboxylic acids is 1. The summed E-state index contributed by atoms with van der Waals surface area (Å²) in [4.78, 5) is 20.4. The van der Waals surface area contributed by atoms with Crippen LogP contribution in [0.15, 0.2) is 72.8 Å². The summed E-state index contributed by atoms with van der Waals surface area (Å²) in [6.45, 7) is 8.30. The van der Waals surface area contributed by atoms with Crippen molar-refractivity contribution in [2.75, 3.05) is 44.2 Å². The Labute approximate surface area is 257 Å². The second kappa shape index (κ2) is 13.3. The van der Waals surface area contributed by atoms with Crippen LogP contribution in [0.4, 0.5) is 18.9 Å². The maximum atomic E-state index is 14.1. The van der Waals surface area contributed by atoms with Crippen LogP contribution in [0.5, 0.6) is 0 Å². The minimum absolute atomic E-state index is 0.0436. The summed E-state index contributed by atoms with van der Waals surface area (Å²) >= 11 is 6.17. The predicted octanol–water partition coefficient (Wildman–Crippen LogP) is 6.97. The van der Waals surface area contributed by atoms with Crippen LogP contribution in [0.3, 0.4) is 0 Å². The van der Waals surface area contributed by atoms with Crippen molar-refractivity contribution in [1.29, 1.82) is 0 Å². The van der Waals surface area contributed by atoms with E-state index in [0.717, 1.165) is 30.4 Å². The van der Waals surface area contributed by atoms with E-state index >= 15 is 0 Å². The van der Waals surface area contributed by atoms with Gasteiger partial charge >= 0.3 is 6.18 Å². The molecule has 2 N–H and O–H groups in total. The fourth-order valence-corrected chi connectivity index (χ4v) is 6.63. The number of nitrogens with two attached hydrogens (primary N) is 1. The Hall–Kier alpha value is -3.07. The van der Waals surface area contributed by atoms with Gasteiger partial charge in [0.25, 0.3) is 0 Å². The van der Waals surface area contributed by atoms with Crippen molar-refractivity contribution in [3.05, 3.63) is 100 Å². The highest BCUT2D eigenvalue weighted by Gasteiger charge is 2.41. The highest BCUT2D eigenvalue weighted by molar-refractivity contribution is 6.30. The van der Waals surface area contributed by atoms with Gasteiger partial charge in [0.15, 0.2) is 0 Å². The number of halogens is 4. The number of piperazine rings is 1. The summed E-state index contributed by atoms with van der Waals surface area (Å²) in [5, 5.41) is 0.664. The number of anilines is 1. The van der Waals surface area contributed by atoms with E-state index in [-0.39, 0.29) is 23.7 Å². The molecule has 1 amide bonds. The highest BCUT2D eigenvalue weighted by Crippen LogP contribution is 2.38. The second-order valence-corrected chi connectivity index (χ2v) is 12.7. The Morgan fingerprint density at radius 3 is 2.26 bits per heavy atom. The maximum absolute atomic E-state index is 14.1. The van der Waals surface area contributed by atoms with E-state index < -0.39 is 17.8 Å². The molecule has 2 saturated heterocycles. The summed E-state index contributed by atoms with van der Waals surface area (Å²) in [7, 11) is 0. The van der Waals surface area contributed by atoms with Gasteiger partial charge in [0.2, 0.25) is 5.91 Å². The molecule has 9 heteroatoms. The van der Waals surface area contributed by atoms with E-state index in [0.29, 0.717) is 49.7 Å². The van der Waals surface area contributed by atoms with E-state index in [1.807, 2.05) is 61.2 Å². The van der Waals surface area contributed by atoms with Gasteiger partial charge in [-0.3, -0.25) is 9.69 Å². The normalized spacial score (nSPS) is 20.6. The standard InChI is InChI=1S/C34H40ClF3N4O/c1-23(2)18-31(39)28-19-26(34(36,37)38)10-13-32(28)41-14-16-42(17-15-41)33(43)30-22-40(20-24-6-4-3-5-7-24)21-29(30)25-8-11-27(35)12-9-25/h3-13,19,23,29-31H,14-18,20-22,39H2,1-2H3/t29-,30+,31-/m0/s1. The summed E-state index contributed by atoms with van der Waals surface area (Å²) in [5.74, 6) is 0.215. The fourth-order valence-electron chi connectivity index (χ4n) is 6.51. The molecule has 0 radical (unpaired) electrons. The lowest BCUT2D eigenvalue weighted by molar-refractivity contribution is -0.138. The number of rotatable bonds is 8. The number of likely N-dealkylation sites (tertiary alicyclic amines) is 1. The first-order valence-corrected chi connectivity index (χ1v) is 15.4. The Bertz CT molecular complexity index is 1370. The molecule has 3 aromatic rings. The molecule has 0 bridgehead atoms. The van der Waals surface area contributed by atoms with Crippen molar-refractivity contribution in [2.45, 2.75) is 44.9 Å². The average Bonchev–Trinajstić information content (AvgIpc) is 3.40. The Morgan fingerprint density at radius 2 is 1.63 bits per heavy atom. The molecule has 0 spiro atoms. The van der Waals surface area contributed by atoms with Crippen molar-refractivity contribution in [1.82, 2.24) is 9.80 Å². The van der Waals surface area contributed by atoms with Crippen molar-refractivity contribution in [3.8, 4) is 0 Å². The number of hydrogen-bond donors (Lipinski definition) is 1. The lowest BCUT2D eigenvalue weighted by Crippen LogP contribution is -2.51. The number of alkyl halides is 3. The minimum Gasteiger partial charge on any atom is -0.368 e. The van der Waals surface area contributed by atoms with Crippen LogP contribution in [0.2, 0.25) is 5.02 Å². The van der Waals surface area contributed by atoms with Crippen LogP contribution >= 0.6 is 11.6 Å². The summed E-state index contributed by atoms with van der Waals surface area (Å²) in [5.41, 5.74) is 9.31. The Balaban J connectivity index is 1.32. The molecule has 43 heavy (non-hydrogen) atoms. The van der Waals surface area contributed by atoms with Crippen LogP contribution in [0.1, 0.15) is 54.5 Å². The molecule has 0 saturated carbocycles. The molecule has 3 atom stereocenters. The van der Waals surface area contributed by atoms with E-state index in [1.165, 1.54) is 11.6 Å². The number of amides is 1. The predicted molar refractivity (Wildman–Crippen MR) is 166 cm³/mol. The van der Waals surface area contributed by atoms with Crippen LogP contribution in [0, 0.1) is 11.8 Å².